The predicted molar refractivity (Wildman–Crippen MR) is 67.5 cm³/mol. The van der Waals surface area contributed by atoms with Gasteiger partial charge in [0.05, 0.1) is 6.61 Å². The zero-order chi connectivity index (χ0) is 13.0. The fraction of sp³-hybridized carbons (Fsp3) is 0.462. The van der Waals surface area contributed by atoms with Crippen molar-refractivity contribution in [2.75, 3.05) is 13.2 Å². The van der Waals surface area contributed by atoms with E-state index in [4.69, 9.17) is 4.74 Å². The van der Waals surface area contributed by atoms with Crippen molar-refractivity contribution in [3.63, 3.8) is 0 Å². The van der Waals surface area contributed by atoms with E-state index in [9.17, 15) is 9.90 Å². The van der Waals surface area contributed by atoms with Gasteiger partial charge in [-0.15, -0.1) is 0 Å². The number of hydrogen-bond acceptors (Lipinski definition) is 4. The second kappa shape index (κ2) is 5.73. The van der Waals surface area contributed by atoms with Crippen LogP contribution in [0.1, 0.15) is 18.9 Å². The molecule has 0 aromatic heterocycles. The third kappa shape index (κ3) is 2.92. The quantitative estimate of drug-likeness (QED) is 0.722. The summed E-state index contributed by atoms with van der Waals surface area (Å²) < 4.78 is 5.32. The third-order valence-electron chi connectivity index (χ3n) is 2.94. The second-order valence-corrected chi connectivity index (χ2v) is 4.28. The molecule has 0 spiro atoms. The lowest BCUT2D eigenvalue weighted by Gasteiger charge is -2.13. The number of aromatic hydroxyl groups is 1. The molecule has 1 atom stereocenters. The summed E-state index contributed by atoms with van der Waals surface area (Å²) >= 11 is 0. The van der Waals surface area contributed by atoms with Gasteiger partial charge in [0.15, 0.2) is 11.5 Å². The highest BCUT2D eigenvalue weighted by Gasteiger charge is 2.21. The molecule has 1 aromatic rings. The third-order valence-corrected chi connectivity index (χ3v) is 2.94. The Kier molecular flexibility index (Phi) is 4.04. The molecule has 98 valence electrons. The molecule has 0 radical (unpaired) electrons. The van der Waals surface area contributed by atoms with E-state index in [-0.39, 0.29) is 17.7 Å². The monoisotopic (exact) mass is 250 g/mol. The van der Waals surface area contributed by atoms with Crippen LogP contribution in [0.3, 0.4) is 0 Å². The number of benzene rings is 1. The van der Waals surface area contributed by atoms with Gasteiger partial charge in [0.1, 0.15) is 0 Å². The van der Waals surface area contributed by atoms with Gasteiger partial charge >= 0.3 is 0 Å². The van der Waals surface area contributed by atoms with Gasteiger partial charge in [-0.3, -0.25) is 4.79 Å². The van der Waals surface area contributed by atoms with Gasteiger partial charge in [-0.25, -0.2) is 0 Å². The van der Waals surface area contributed by atoms with Gasteiger partial charge in [0.25, 0.3) is 0 Å². The number of rotatable bonds is 5. The topological polar surface area (TPSA) is 70.6 Å². The molecule has 5 nitrogen and oxygen atoms in total. The Bertz CT molecular complexity index is 434. The summed E-state index contributed by atoms with van der Waals surface area (Å²) in [4.78, 5) is 11.1. The van der Waals surface area contributed by atoms with Gasteiger partial charge in [0.2, 0.25) is 5.91 Å². The molecule has 2 rings (SSSR count). The number of ether oxygens (including phenoxy) is 1. The Morgan fingerprint density at radius 3 is 3.06 bits per heavy atom. The summed E-state index contributed by atoms with van der Waals surface area (Å²) in [5, 5.41) is 16.0. The summed E-state index contributed by atoms with van der Waals surface area (Å²) in [6, 6.07) is 5.56. The van der Waals surface area contributed by atoms with E-state index >= 15 is 0 Å². The highest BCUT2D eigenvalue weighted by atomic mass is 16.5. The first-order valence-corrected chi connectivity index (χ1v) is 6.14. The van der Waals surface area contributed by atoms with Crippen LogP contribution in [0.2, 0.25) is 0 Å². The number of carbonyl (C=O) groups is 1. The van der Waals surface area contributed by atoms with Crippen molar-refractivity contribution in [3.05, 3.63) is 23.8 Å². The number of hydrogen-bond donors (Lipinski definition) is 3. The first-order chi connectivity index (χ1) is 8.70. The minimum absolute atomic E-state index is 0.0692. The number of nitrogens with one attached hydrogen (secondary N) is 2. The number of carbonyl (C=O) groups excluding carboxylic acids is 1. The molecule has 0 aliphatic carbocycles. The maximum atomic E-state index is 11.1. The Hall–Kier alpha value is -1.75. The molecule has 1 unspecified atom stereocenters. The van der Waals surface area contributed by atoms with E-state index in [1.54, 1.807) is 6.07 Å². The average Bonchev–Trinajstić information content (AvgIpc) is 2.77. The van der Waals surface area contributed by atoms with Gasteiger partial charge < -0.3 is 20.5 Å². The molecule has 3 N–H and O–H groups in total. The Balaban J connectivity index is 1.96. The summed E-state index contributed by atoms with van der Waals surface area (Å²) in [5.74, 6) is 0.737. The lowest BCUT2D eigenvalue weighted by Crippen LogP contribution is -2.30. The van der Waals surface area contributed by atoms with Crippen molar-refractivity contribution < 1.29 is 14.6 Å². The van der Waals surface area contributed by atoms with Crippen molar-refractivity contribution >= 4 is 5.91 Å². The Morgan fingerprint density at radius 2 is 2.39 bits per heavy atom. The predicted octanol–water partition coefficient (Wildman–Crippen LogP) is 0.769. The highest BCUT2D eigenvalue weighted by molar-refractivity contribution is 5.78. The Morgan fingerprint density at radius 1 is 1.56 bits per heavy atom. The zero-order valence-corrected chi connectivity index (χ0v) is 10.4. The summed E-state index contributed by atoms with van der Waals surface area (Å²) in [6.07, 6.45) is 0.492. The van der Waals surface area contributed by atoms with Crippen LogP contribution >= 0.6 is 0 Å². The summed E-state index contributed by atoms with van der Waals surface area (Å²) in [7, 11) is 0. The van der Waals surface area contributed by atoms with E-state index in [0.29, 0.717) is 31.9 Å². The average molecular weight is 250 g/mol. The van der Waals surface area contributed by atoms with Crippen LogP contribution in [-0.2, 0) is 11.3 Å². The molecule has 1 aliphatic rings. The van der Waals surface area contributed by atoms with E-state index in [2.05, 4.69) is 10.6 Å². The van der Waals surface area contributed by atoms with Gasteiger partial charge in [0, 0.05) is 31.1 Å². The van der Waals surface area contributed by atoms with E-state index in [0.717, 1.165) is 5.56 Å². The largest absolute Gasteiger partial charge is 0.504 e. The molecule has 1 fully saturated rings. The number of para-hydroxylation sites is 1. The minimum atomic E-state index is 0.0692. The normalized spacial score (nSPS) is 18.7. The Labute approximate surface area is 106 Å². The molecule has 18 heavy (non-hydrogen) atoms. The van der Waals surface area contributed by atoms with Crippen LogP contribution in [0.4, 0.5) is 0 Å². The van der Waals surface area contributed by atoms with Crippen LogP contribution in [0.5, 0.6) is 11.5 Å². The molecule has 1 aromatic carbocycles. The molecular formula is C13H18N2O3. The fourth-order valence-corrected chi connectivity index (χ4v) is 1.99. The molecular weight excluding hydrogens is 232 g/mol. The molecule has 0 bridgehead atoms. The van der Waals surface area contributed by atoms with E-state index < -0.39 is 0 Å². The van der Waals surface area contributed by atoms with Crippen molar-refractivity contribution in [1.82, 2.24) is 10.6 Å². The van der Waals surface area contributed by atoms with Crippen molar-refractivity contribution in [3.8, 4) is 11.5 Å². The SMILES string of the molecule is CCOc1cccc(CNC2CNC(=O)C2)c1O. The summed E-state index contributed by atoms with van der Waals surface area (Å²) in [6.45, 7) is 3.56. The van der Waals surface area contributed by atoms with Gasteiger partial charge in [-0.2, -0.15) is 0 Å². The van der Waals surface area contributed by atoms with Gasteiger partial charge in [-0.05, 0) is 13.0 Å². The molecule has 1 saturated heterocycles. The highest BCUT2D eigenvalue weighted by Crippen LogP contribution is 2.29. The molecule has 1 heterocycles. The zero-order valence-electron chi connectivity index (χ0n) is 10.4. The minimum Gasteiger partial charge on any atom is -0.504 e. The van der Waals surface area contributed by atoms with E-state index in [1.807, 2.05) is 19.1 Å². The molecule has 5 heteroatoms. The van der Waals surface area contributed by atoms with Crippen molar-refractivity contribution in [1.29, 1.82) is 0 Å². The van der Waals surface area contributed by atoms with Crippen molar-refractivity contribution in [2.24, 2.45) is 0 Å². The number of amides is 1. The molecule has 1 aliphatic heterocycles. The van der Waals surface area contributed by atoms with Crippen LogP contribution in [0, 0.1) is 0 Å². The van der Waals surface area contributed by atoms with Gasteiger partial charge in [-0.1, -0.05) is 12.1 Å². The first kappa shape index (κ1) is 12.7. The maximum absolute atomic E-state index is 11.1. The first-order valence-electron chi connectivity index (χ1n) is 6.14. The molecule has 1 amide bonds. The summed E-state index contributed by atoms with van der Waals surface area (Å²) in [5.41, 5.74) is 0.778. The lowest BCUT2D eigenvalue weighted by atomic mass is 10.1. The molecule has 0 saturated carbocycles. The fourth-order valence-electron chi connectivity index (χ4n) is 1.99. The van der Waals surface area contributed by atoms with Crippen molar-refractivity contribution in [2.45, 2.75) is 25.9 Å². The number of phenols is 1. The number of phenolic OH excluding ortho intramolecular Hbond substituents is 1. The van der Waals surface area contributed by atoms with Crippen LogP contribution in [-0.4, -0.2) is 30.2 Å². The van der Waals surface area contributed by atoms with Crippen LogP contribution < -0.4 is 15.4 Å². The standard InChI is InChI=1S/C13H18N2O3/c1-2-18-11-5-3-4-9(13(11)17)7-14-10-6-12(16)15-8-10/h3-5,10,14,17H,2,6-8H2,1H3,(H,15,16). The smallest absolute Gasteiger partial charge is 0.221 e. The van der Waals surface area contributed by atoms with E-state index in [1.165, 1.54) is 0 Å². The van der Waals surface area contributed by atoms with Crippen LogP contribution in [0.25, 0.3) is 0 Å². The second-order valence-electron chi connectivity index (χ2n) is 4.28. The lowest BCUT2D eigenvalue weighted by molar-refractivity contribution is -0.119. The maximum Gasteiger partial charge on any atom is 0.221 e. The van der Waals surface area contributed by atoms with Crippen LogP contribution in [0.15, 0.2) is 18.2 Å².